The first-order valence-electron chi connectivity index (χ1n) is 8.75. The molecular formula is C20H25FN2O2. The Balaban J connectivity index is 1.55. The first-order chi connectivity index (χ1) is 12.3. The van der Waals surface area contributed by atoms with Gasteiger partial charge in [0, 0.05) is 41.1 Å². The van der Waals surface area contributed by atoms with E-state index >= 15 is 0 Å². The Bertz CT molecular complexity index is 816. The number of ether oxygens (including phenoxy) is 2. The Morgan fingerprint density at radius 1 is 0.920 bits per heavy atom. The molecule has 2 N–H and O–H groups in total. The molecule has 0 radical (unpaired) electrons. The molecule has 25 heavy (non-hydrogen) atoms. The average molecular weight is 344 g/mol. The van der Waals surface area contributed by atoms with Gasteiger partial charge in [-0.15, -0.1) is 0 Å². The summed E-state index contributed by atoms with van der Waals surface area (Å²) in [7, 11) is 1.93. The minimum atomic E-state index is -0.438. The first kappa shape index (κ1) is 17.7. The van der Waals surface area contributed by atoms with Crippen molar-refractivity contribution in [3.05, 3.63) is 42.0 Å². The fraction of sp³-hybridized carbons (Fsp3) is 0.400. The van der Waals surface area contributed by atoms with E-state index in [-0.39, 0.29) is 6.61 Å². The largest absolute Gasteiger partial charge is 0.388 e. The van der Waals surface area contributed by atoms with E-state index in [1.165, 1.54) is 21.9 Å². The normalized spacial score (nSPS) is 11.4. The van der Waals surface area contributed by atoms with Crippen molar-refractivity contribution in [1.29, 1.82) is 0 Å². The van der Waals surface area contributed by atoms with Crippen LogP contribution in [0.15, 0.2) is 36.4 Å². The Hall–Kier alpha value is -2.11. The van der Waals surface area contributed by atoms with Crippen LogP contribution >= 0.6 is 0 Å². The van der Waals surface area contributed by atoms with Crippen LogP contribution in [0.4, 0.5) is 10.1 Å². The first-order valence-corrected chi connectivity index (χ1v) is 8.75. The number of H-pyrrole nitrogens is 1. The van der Waals surface area contributed by atoms with Crippen LogP contribution in [0.3, 0.4) is 0 Å². The molecule has 3 rings (SSSR count). The Labute approximate surface area is 147 Å². The maximum atomic E-state index is 11.9. The predicted octanol–water partition coefficient (Wildman–Crippen LogP) is 4.30. The summed E-state index contributed by atoms with van der Waals surface area (Å²) >= 11 is 0. The van der Waals surface area contributed by atoms with Gasteiger partial charge in [-0.05, 0) is 36.6 Å². The topological polar surface area (TPSA) is 46.3 Å². The van der Waals surface area contributed by atoms with Gasteiger partial charge in [0.1, 0.15) is 6.67 Å². The van der Waals surface area contributed by atoms with Crippen molar-refractivity contribution < 1.29 is 13.9 Å². The number of nitrogens with one attached hydrogen (secondary N) is 2. The number of halogens is 1. The molecule has 2 aromatic carbocycles. The summed E-state index contributed by atoms with van der Waals surface area (Å²) in [5.74, 6) is 0. The molecule has 0 aliphatic heterocycles. The van der Waals surface area contributed by atoms with Crippen molar-refractivity contribution in [2.75, 3.05) is 45.5 Å². The summed E-state index contributed by atoms with van der Waals surface area (Å²) in [5, 5.41) is 5.67. The number of hydrogen-bond donors (Lipinski definition) is 2. The van der Waals surface area contributed by atoms with Crippen molar-refractivity contribution in [1.82, 2.24) is 4.98 Å². The summed E-state index contributed by atoms with van der Waals surface area (Å²) in [6, 6.07) is 13.0. The van der Waals surface area contributed by atoms with E-state index in [4.69, 9.17) is 9.47 Å². The molecule has 4 nitrogen and oxygen atoms in total. The predicted molar refractivity (Wildman–Crippen MR) is 101 cm³/mol. The average Bonchev–Trinajstić information content (AvgIpc) is 3.00. The molecule has 0 amide bonds. The molecule has 0 spiro atoms. The summed E-state index contributed by atoms with van der Waals surface area (Å²) < 4.78 is 22.4. The van der Waals surface area contributed by atoms with E-state index in [0.717, 1.165) is 24.0 Å². The van der Waals surface area contributed by atoms with E-state index in [1.54, 1.807) is 0 Å². The summed E-state index contributed by atoms with van der Waals surface area (Å²) in [6.45, 7) is 1.39. The van der Waals surface area contributed by atoms with Gasteiger partial charge >= 0.3 is 0 Å². The Morgan fingerprint density at radius 3 is 2.40 bits per heavy atom. The minimum Gasteiger partial charge on any atom is -0.388 e. The van der Waals surface area contributed by atoms with Gasteiger partial charge in [0.25, 0.3) is 0 Å². The lowest BCUT2D eigenvalue weighted by atomic mass is 10.1. The molecule has 0 aliphatic rings. The van der Waals surface area contributed by atoms with Gasteiger partial charge < -0.3 is 19.8 Å². The van der Waals surface area contributed by atoms with Crippen molar-refractivity contribution in [3.63, 3.8) is 0 Å². The lowest BCUT2D eigenvalue weighted by Crippen LogP contribution is -2.07. The number of rotatable bonds is 10. The van der Waals surface area contributed by atoms with E-state index in [2.05, 4.69) is 46.7 Å². The minimum absolute atomic E-state index is 0.156. The van der Waals surface area contributed by atoms with Crippen LogP contribution in [-0.2, 0) is 15.9 Å². The molecule has 0 aliphatic carbocycles. The molecular weight excluding hydrogens is 319 g/mol. The van der Waals surface area contributed by atoms with E-state index in [0.29, 0.717) is 19.8 Å². The number of benzene rings is 2. The third-order valence-electron chi connectivity index (χ3n) is 4.30. The lowest BCUT2D eigenvalue weighted by molar-refractivity contribution is 0.0421. The smallest absolute Gasteiger partial charge is 0.113 e. The summed E-state index contributed by atoms with van der Waals surface area (Å²) in [6.07, 6.45) is 1.93. The van der Waals surface area contributed by atoms with Gasteiger partial charge in [0.2, 0.25) is 0 Å². The van der Waals surface area contributed by atoms with Gasteiger partial charge in [-0.1, -0.05) is 18.2 Å². The number of hydrogen-bond acceptors (Lipinski definition) is 3. The summed E-state index contributed by atoms with van der Waals surface area (Å²) in [4.78, 5) is 3.50. The molecule has 0 saturated heterocycles. The summed E-state index contributed by atoms with van der Waals surface area (Å²) in [5.41, 5.74) is 4.72. The van der Waals surface area contributed by atoms with Crippen LogP contribution in [0.25, 0.3) is 21.8 Å². The van der Waals surface area contributed by atoms with Gasteiger partial charge in [-0.25, -0.2) is 4.39 Å². The van der Waals surface area contributed by atoms with Crippen LogP contribution in [-0.4, -0.2) is 45.1 Å². The highest BCUT2D eigenvalue weighted by molar-refractivity contribution is 6.08. The highest BCUT2D eigenvalue weighted by Crippen LogP contribution is 2.28. The number of anilines is 1. The van der Waals surface area contributed by atoms with Crippen LogP contribution in [0.2, 0.25) is 0 Å². The monoisotopic (exact) mass is 344 g/mol. The third kappa shape index (κ3) is 4.50. The van der Waals surface area contributed by atoms with Gasteiger partial charge in [-0.2, -0.15) is 0 Å². The quantitative estimate of drug-likeness (QED) is 0.539. The number of aryl methyl sites for hydroxylation is 1. The zero-order valence-corrected chi connectivity index (χ0v) is 14.6. The van der Waals surface area contributed by atoms with Crippen LogP contribution in [0.1, 0.15) is 12.0 Å². The highest BCUT2D eigenvalue weighted by Gasteiger charge is 2.05. The van der Waals surface area contributed by atoms with Gasteiger partial charge in [-0.3, -0.25) is 0 Å². The maximum Gasteiger partial charge on any atom is 0.113 e. The molecule has 0 saturated carbocycles. The Kier molecular flexibility index (Phi) is 6.25. The van der Waals surface area contributed by atoms with Crippen molar-refractivity contribution in [3.8, 4) is 0 Å². The number of alkyl halides is 1. The second kappa shape index (κ2) is 8.83. The molecule has 3 aromatic rings. The SMILES string of the molecule is CNc1ccc2c(c1)[nH]c1cc(CCCOCCOCCF)ccc12. The van der Waals surface area contributed by atoms with Crippen molar-refractivity contribution in [2.45, 2.75) is 12.8 Å². The zero-order chi connectivity index (χ0) is 17.5. The number of fused-ring (bicyclic) bond motifs is 3. The number of aromatic amines is 1. The second-order valence-electron chi connectivity index (χ2n) is 6.03. The zero-order valence-electron chi connectivity index (χ0n) is 14.6. The molecule has 134 valence electrons. The van der Waals surface area contributed by atoms with Gasteiger partial charge in [0.05, 0.1) is 19.8 Å². The molecule has 1 aromatic heterocycles. The standard InChI is InChI=1S/C20H25FN2O2/c1-22-16-5-7-18-17-6-4-15(13-19(17)23-20(18)14-16)3-2-9-24-11-12-25-10-8-21/h4-7,13-14,22-23H,2-3,8-12H2,1H3. The Morgan fingerprint density at radius 2 is 1.64 bits per heavy atom. The van der Waals surface area contributed by atoms with E-state index in [9.17, 15) is 4.39 Å². The van der Waals surface area contributed by atoms with Crippen LogP contribution in [0, 0.1) is 0 Å². The molecule has 0 unspecified atom stereocenters. The molecule has 5 heteroatoms. The molecule has 1 heterocycles. The van der Waals surface area contributed by atoms with Crippen LogP contribution < -0.4 is 5.32 Å². The fourth-order valence-corrected chi connectivity index (χ4v) is 3.02. The molecule has 0 bridgehead atoms. The van der Waals surface area contributed by atoms with Crippen molar-refractivity contribution in [2.24, 2.45) is 0 Å². The van der Waals surface area contributed by atoms with Gasteiger partial charge in [0.15, 0.2) is 0 Å². The number of aromatic nitrogens is 1. The second-order valence-corrected chi connectivity index (χ2v) is 6.03. The molecule has 0 atom stereocenters. The van der Waals surface area contributed by atoms with E-state index < -0.39 is 6.67 Å². The lowest BCUT2D eigenvalue weighted by Gasteiger charge is -2.05. The van der Waals surface area contributed by atoms with E-state index in [1.807, 2.05) is 7.05 Å². The maximum absolute atomic E-state index is 11.9. The third-order valence-corrected chi connectivity index (χ3v) is 4.30. The van der Waals surface area contributed by atoms with Crippen molar-refractivity contribution >= 4 is 27.5 Å². The highest BCUT2D eigenvalue weighted by atomic mass is 19.1. The fourth-order valence-electron chi connectivity index (χ4n) is 3.02. The van der Waals surface area contributed by atoms with Crippen LogP contribution in [0.5, 0.6) is 0 Å². The molecule has 0 fully saturated rings.